The molecule has 3 rings (SSSR count). The highest BCUT2D eigenvalue weighted by atomic mass is 19.1. The van der Waals surface area contributed by atoms with Gasteiger partial charge in [0, 0.05) is 24.0 Å². The Morgan fingerprint density at radius 2 is 1.52 bits per heavy atom. The molecule has 0 aliphatic heterocycles. The number of aromatic nitrogens is 2. The number of anilines is 3. The second kappa shape index (κ2) is 7.70. The summed E-state index contributed by atoms with van der Waals surface area (Å²) in [6.07, 6.45) is 0.754. The van der Waals surface area contributed by atoms with Crippen LogP contribution in [0, 0.1) is 18.6 Å². The van der Waals surface area contributed by atoms with Crippen molar-refractivity contribution in [1.82, 2.24) is 9.97 Å². The average molecular weight is 340 g/mol. The van der Waals surface area contributed by atoms with Crippen LogP contribution in [0.25, 0.3) is 0 Å². The smallest absolute Gasteiger partial charge is 0.229 e. The van der Waals surface area contributed by atoms with Crippen LogP contribution in [0.15, 0.2) is 54.6 Å². The summed E-state index contributed by atoms with van der Waals surface area (Å²) in [5.41, 5.74) is 2.57. The highest BCUT2D eigenvalue weighted by Gasteiger charge is 2.03. The summed E-state index contributed by atoms with van der Waals surface area (Å²) < 4.78 is 25.9. The van der Waals surface area contributed by atoms with E-state index < -0.39 is 0 Å². The fourth-order valence-corrected chi connectivity index (χ4v) is 2.36. The maximum atomic E-state index is 13.0. The van der Waals surface area contributed by atoms with Crippen molar-refractivity contribution in [2.45, 2.75) is 13.3 Å². The molecule has 0 atom stereocenters. The lowest BCUT2D eigenvalue weighted by Gasteiger charge is -2.10. The number of hydrogen-bond acceptors (Lipinski definition) is 4. The van der Waals surface area contributed by atoms with Gasteiger partial charge in [-0.3, -0.25) is 0 Å². The van der Waals surface area contributed by atoms with Gasteiger partial charge >= 0.3 is 0 Å². The van der Waals surface area contributed by atoms with E-state index in [2.05, 4.69) is 20.6 Å². The molecule has 1 aromatic heterocycles. The highest BCUT2D eigenvalue weighted by Crippen LogP contribution is 2.16. The largest absolute Gasteiger partial charge is 0.370 e. The summed E-state index contributed by atoms with van der Waals surface area (Å²) in [5.74, 6) is 0.605. The van der Waals surface area contributed by atoms with E-state index in [4.69, 9.17) is 0 Å². The molecular formula is C19H18F2N4. The molecule has 0 saturated carbocycles. The van der Waals surface area contributed by atoms with E-state index in [9.17, 15) is 8.78 Å². The molecule has 2 N–H and O–H groups in total. The third-order valence-electron chi connectivity index (χ3n) is 3.59. The fourth-order valence-electron chi connectivity index (χ4n) is 2.36. The topological polar surface area (TPSA) is 49.8 Å². The van der Waals surface area contributed by atoms with Gasteiger partial charge in [0.1, 0.15) is 17.5 Å². The fraction of sp³-hybridized carbons (Fsp3) is 0.158. The quantitative estimate of drug-likeness (QED) is 0.695. The minimum absolute atomic E-state index is 0.236. The standard InChI is InChI=1S/C19H18F2N4/c1-13-12-18(22-11-10-14-2-4-15(20)5-3-14)25-19(23-13)24-17-8-6-16(21)7-9-17/h2-9,12H,10-11H2,1H3,(H2,22,23,24,25). The number of hydrogen-bond donors (Lipinski definition) is 2. The molecule has 0 aliphatic carbocycles. The van der Waals surface area contributed by atoms with Gasteiger partial charge in [0.05, 0.1) is 0 Å². The van der Waals surface area contributed by atoms with Crippen molar-refractivity contribution in [3.05, 3.63) is 77.5 Å². The van der Waals surface area contributed by atoms with Gasteiger partial charge in [0.15, 0.2) is 0 Å². The first-order chi connectivity index (χ1) is 12.1. The lowest BCUT2D eigenvalue weighted by molar-refractivity contribution is 0.627. The van der Waals surface area contributed by atoms with E-state index in [-0.39, 0.29) is 11.6 Å². The van der Waals surface area contributed by atoms with Crippen molar-refractivity contribution in [1.29, 1.82) is 0 Å². The molecule has 0 amide bonds. The van der Waals surface area contributed by atoms with Gasteiger partial charge in [-0.1, -0.05) is 12.1 Å². The number of halogens is 2. The SMILES string of the molecule is Cc1cc(NCCc2ccc(F)cc2)nc(Nc2ccc(F)cc2)n1. The molecule has 25 heavy (non-hydrogen) atoms. The Morgan fingerprint density at radius 3 is 2.20 bits per heavy atom. The van der Waals surface area contributed by atoms with E-state index in [0.717, 1.165) is 17.7 Å². The summed E-state index contributed by atoms with van der Waals surface area (Å²) >= 11 is 0. The molecule has 0 unspecified atom stereocenters. The van der Waals surface area contributed by atoms with E-state index in [1.807, 2.05) is 13.0 Å². The summed E-state index contributed by atoms with van der Waals surface area (Å²) in [6.45, 7) is 2.54. The molecule has 0 spiro atoms. The zero-order valence-electron chi connectivity index (χ0n) is 13.8. The maximum Gasteiger partial charge on any atom is 0.229 e. The van der Waals surface area contributed by atoms with Crippen LogP contribution in [-0.4, -0.2) is 16.5 Å². The predicted octanol–water partition coefficient (Wildman–Crippen LogP) is 4.46. The van der Waals surface area contributed by atoms with Gasteiger partial charge < -0.3 is 10.6 Å². The van der Waals surface area contributed by atoms with Crippen LogP contribution in [0.1, 0.15) is 11.3 Å². The Bertz CT molecular complexity index is 833. The van der Waals surface area contributed by atoms with Crippen LogP contribution in [0.4, 0.5) is 26.2 Å². The van der Waals surface area contributed by atoms with E-state index in [1.54, 1.807) is 24.3 Å². The first-order valence-corrected chi connectivity index (χ1v) is 7.95. The molecule has 128 valence electrons. The summed E-state index contributed by atoms with van der Waals surface area (Å²) in [7, 11) is 0. The van der Waals surface area contributed by atoms with Gasteiger partial charge in [-0.2, -0.15) is 4.98 Å². The molecular weight excluding hydrogens is 322 g/mol. The predicted molar refractivity (Wildman–Crippen MR) is 95.0 cm³/mol. The Labute approximate surface area is 145 Å². The Morgan fingerprint density at radius 1 is 0.880 bits per heavy atom. The van der Waals surface area contributed by atoms with Crippen LogP contribution >= 0.6 is 0 Å². The number of nitrogens with zero attached hydrogens (tertiary/aromatic N) is 2. The van der Waals surface area contributed by atoms with Crippen molar-refractivity contribution in [3.8, 4) is 0 Å². The van der Waals surface area contributed by atoms with Crippen LogP contribution in [0.5, 0.6) is 0 Å². The minimum Gasteiger partial charge on any atom is -0.370 e. The van der Waals surface area contributed by atoms with Crippen molar-refractivity contribution in [3.63, 3.8) is 0 Å². The van der Waals surface area contributed by atoms with Crippen LogP contribution in [0.3, 0.4) is 0 Å². The Kier molecular flexibility index (Phi) is 5.18. The monoisotopic (exact) mass is 340 g/mol. The van der Waals surface area contributed by atoms with Crippen molar-refractivity contribution in [2.24, 2.45) is 0 Å². The second-order valence-corrected chi connectivity index (χ2v) is 5.65. The normalized spacial score (nSPS) is 10.5. The third kappa shape index (κ3) is 4.97. The summed E-state index contributed by atoms with van der Waals surface area (Å²) in [6, 6.07) is 14.3. The van der Waals surface area contributed by atoms with Crippen molar-refractivity contribution in [2.75, 3.05) is 17.2 Å². The highest BCUT2D eigenvalue weighted by molar-refractivity contribution is 5.55. The van der Waals surface area contributed by atoms with Gasteiger partial charge in [0.25, 0.3) is 0 Å². The molecule has 4 nitrogen and oxygen atoms in total. The summed E-state index contributed by atoms with van der Waals surface area (Å²) in [4.78, 5) is 8.74. The third-order valence-corrected chi connectivity index (χ3v) is 3.59. The first kappa shape index (κ1) is 16.8. The molecule has 0 fully saturated rings. The summed E-state index contributed by atoms with van der Waals surface area (Å²) in [5, 5.41) is 6.30. The van der Waals surface area contributed by atoms with Gasteiger partial charge in [-0.05, 0) is 55.3 Å². The van der Waals surface area contributed by atoms with E-state index >= 15 is 0 Å². The molecule has 3 aromatic rings. The van der Waals surface area contributed by atoms with Crippen molar-refractivity contribution < 1.29 is 8.78 Å². The lowest BCUT2D eigenvalue weighted by atomic mass is 10.1. The zero-order chi connectivity index (χ0) is 17.6. The molecule has 1 heterocycles. The molecule has 0 radical (unpaired) electrons. The van der Waals surface area contributed by atoms with Crippen LogP contribution in [-0.2, 0) is 6.42 Å². The number of nitrogens with one attached hydrogen (secondary N) is 2. The second-order valence-electron chi connectivity index (χ2n) is 5.65. The maximum absolute atomic E-state index is 13.0. The van der Waals surface area contributed by atoms with Crippen LogP contribution < -0.4 is 10.6 Å². The molecule has 0 bridgehead atoms. The van der Waals surface area contributed by atoms with E-state index in [1.165, 1.54) is 24.3 Å². The van der Waals surface area contributed by atoms with E-state index in [0.29, 0.717) is 24.0 Å². The van der Waals surface area contributed by atoms with Gasteiger partial charge in [0.2, 0.25) is 5.95 Å². The number of rotatable bonds is 6. The lowest BCUT2D eigenvalue weighted by Crippen LogP contribution is -2.08. The zero-order valence-corrected chi connectivity index (χ0v) is 13.8. The van der Waals surface area contributed by atoms with Gasteiger partial charge in [-0.25, -0.2) is 13.8 Å². The van der Waals surface area contributed by atoms with Crippen molar-refractivity contribution >= 4 is 17.5 Å². The average Bonchev–Trinajstić information content (AvgIpc) is 2.58. The molecule has 6 heteroatoms. The molecule has 2 aromatic carbocycles. The Balaban J connectivity index is 1.62. The number of aryl methyl sites for hydroxylation is 1. The first-order valence-electron chi connectivity index (χ1n) is 7.95. The number of benzene rings is 2. The van der Waals surface area contributed by atoms with Crippen LogP contribution in [0.2, 0.25) is 0 Å². The molecule has 0 aliphatic rings. The van der Waals surface area contributed by atoms with Gasteiger partial charge in [-0.15, -0.1) is 0 Å². The Hall–Kier alpha value is -3.02. The minimum atomic E-state index is -0.293. The molecule has 0 saturated heterocycles.